The van der Waals surface area contributed by atoms with E-state index in [0.29, 0.717) is 6.10 Å². The molecule has 5 nitrogen and oxygen atoms in total. The molecule has 0 radical (unpaired) electrons. The molecule has 2 aliphatic heterocycles. The normalized spacial score (nSPS) is 21.8. The summed E-state index contributed by atoms with van der Waals surface area (Å²) < 4.78 is 8.25. The van der Waals surface area contributed by atoms with Gasteiger partial charge in [-0.3, -0.25) is 9.47 Å². The van der Waals surface area contributed by atoms with E-state index >= 15 is 0 Å². The molecule has 0 aliphatic carbocycles. The summed E-state index contributed by atoms with van der Waals surface area (Å²) in [6, 6.07) is 8.47. The number of aromatic nitrogens is 2. The third-order valence-electron chi connectivity index (χ3n) is 5.10. The van der Waals surface area contributed by atoms with Gasteiger partial charge in [0.25, 0.3) is 0 Å². The summed E-state index contributed by atoms with van der Waals surface area (Å²) in [5.74, 6) is 1.84. The van der Waals surface area contributed by atoms with Crippen molar-refractivity contribution >= 4 is 17.0 Å². The molecule has 1 aromatic heterocycles. The monoisotopic (exact) mass is 328 g/mol. The lowest BCUT2D eigenvalue weighted by Gasteiger charge is -2.38. The van der Waals surface area contributed by atoms with Crippen LogP contribution in [0.5, 0.6) is 0 Å². The second kappa shape index (κ2) is 6.73. The number of para-hydroxylation sites is 2. The number of hydrogen-bond donors (Lipinski definition) is 0. The Kier molecular flexibility index (Phi) is 4.46. The lowest BCUT2D eigenvalue weighted by molar-refractivity contribution is 0.106. The summed E-state index contributed by atoms with van der Waals surface area (Å²) in [4.78, 5) is 9.87. The second-order valence-electron chi connectivity index (χ2n) is 7.55. The fraction of sp³-hybridized carbons (Fsp3) is 0.632. The van der Waals surface area contributed by atoms with Gasteiger partial charge in [0.1, 0.15) is 0 Å². The molecule has 0 bridgehead atoms. The van der Waals surface area contributed by atoms with E-state index in [0.717, 1.165) is 50.4 Å². The molecule has 0 spiro atoms. The topological polar surface area (TPSA) is 33.5 Å². The van der Waals surface area contributed by atoms with Crippen LogP contribution < -0.4 is 4.90 Å². The molecule has 2 aromatic rings. The molecule has 0 N–H and O–H groups in total. The van der Waals surface area contributed by atoms with Crippen molar-refractivity contribution in [1.29, 1.82) is 0 Å². The highest BCUT2D eigenvalue weighted by Gasteiger charge is 2.29. The Morgan fingerprint density at radius 1 is 1.25 bits per heavy atom. The van der Waals surface area contributed by atoms with Crippen LogP contribution in [0.15, 0.2) is 24.3 Å². The van der Waals surface area contributed by atoms with Crippen LogP contribution in [0.25, 0.3) is 11.0 Å². The number of nitrogens with zero attached hydrogens (tertiary/aromatic N) is 4. The summed E-state index contributed by atoms with van der Waals surface area (Å²) in [6.45, 7) is 9.47. The molecule has 2 aliphatic rings. The predicted octanol–water partition coefficient (Wildman–Crippen LogP) is 3.30. The van der Waals surface area contributed by atoms with Crippen LogP contribution in [0.4, 0.5) is 5.95 Å². The maximum Gasteiger partial charge on any atom is 0.208 e. The zero-order valence-corrected chi connectivity index (χ0v) is 14.8. The van der Waals surface area contributed by atoms with Gasteiger partial charge in [0, 0.05) is 19.7 Å². The first-order valence-corrected chi connectivity index (χ1v) is 9.25. The molecule has 130 valence electrons. The van der Waals surface area contributed by atoms with Gasteiger partial charge >= 0.3 is 0 Å². The molecule has 0 saturated carbocycles. The minimum atomic E-state index is 0.350. The lowest BCUT2D eigenvalue weighted by Crippen LogP contribution is -2.48. The van der Waals surface area contributed by atoms with E-state index in [1.165, 1.54) is 24.8 Å². The maximum atomic E-state index is 5.88. The predicted molar refractivity (Wildman–Crippen MR) is 97.1 cm³/mol. The number of benzene rings is 1. The minimum absolute atomic E-state index is 0.350. The fourth-order valence-corrected chi connectivity index (χ4v) is 3.75. The molecule has 1 saturated heterocycles. The Balaban J connectivity index is 1.62. The summed E-state index contributed by atoms with van der Waals surface area (Å²) in [6.07, 6.45) is 3.94. The SMILES string of the molecule is CC(C)CCN1CN(C[C@H]2CCCO2)c2nc3ccccc3n2C1. The van der Waals surface area contributed by atoms with E-state index < -0.39 is 0 Å². The number of fused-ring (bicyclic) bond motifs is 3. The number of rotatable bonds is 5. The van der Waals surface area contributed by atoms with Gasteiger partial charge in [0.2, 0.25) is 5.95 Å². The highest BCUT2D eigenvalue weighted by molar-refractivity contribution is 5.79. The van der Waals surface area contributed by atoms with E-state index in [9.17, 15) is 0 Å². The Bertz CT molecular complexity index is 690. The molecule has 1 atom stereocenters. The fourth-order valence-electron chi connectivity index (χ4n) is 3.75. The van der Waals surface area contributed by atoms with E-state index in [1.807, 2.05) is 0 Å². The summed E-state index contributed by atoms with van der Waals surface area (Å²) in [5.41, 5.74) is 2.33. The first-order chi connectivity index (χ1) is 11.7. The number of ether oxygens (including phenoxy) is 1. The zero-order valence-electron chi connectivity index (χ0n) is 14.8. The van der Waals surface area contributed by atoms with Crippen LogP contribution >= 0.6 is 0 Å². The van der Waals surface area contributed by atoms with Crippen LogP contribution in [-0.4, -0.2) is 46.9 Å². The van der Waals surface area contributed by atoms with Crippen molar-refractivity contribution in [2.24, 2.45) is 5.92 Å². The van der Waals surface area contributed by atoms with Crippen molar-refractivity contribution in [1.82, 2.24) is 14.5 Å². The third-order valence-corrected chi connectivity index (χ3v) is 5.10. The highest BCUT2D eigenvalue weighted by atomic mass is 16.5. The molecular formula is C19H28N4O. The van der Waals surface area contributed by atoms with Gasteiger partial charge in [0.15, 0.2) is 0 Å². The number of imidazole rings is 1. The van der Waals surface area contributed by atoms with Gasteiger partial charge in [0.05, 0.1) is 30.5 Å². The summed E-state index contributed by atoms with van der Waals surface area (Å²) in [7, 11) is 0. The van der Waals surface area contributed by atoms with Crippen molar-refractivity contribution in [3.63, 3.8) is 0 Å². The van der Waals surface area contributed by atoms with E-state index in [4.69, 9.17) is 9.72 Å². The molecule has 0 amide bonds. The molecule has 5 heteroatoms. The Hall–Kier alpha value is -1.59. The van der Waals surface area contributed by atoms with Crippen molar-refractivity contribution in [3.05, 3.63) is 24.3 Å². The molecule has 4 rings (SSSR count). The van der Waals surface area contributed by atoms with Crippen molar-refractivity contribution in [2.75, 3.05) is 31.3 Å². The number of anilines is 1. The van der Waals surface area contributed by atoms with Crippen LogP contribution in [0.3, 0.4) is 0 Å². The van der Waals surface area contributed by atoms with Gasteiger partial charge in [-0.2, -0.15) is 0 Å². The van der Waals surface area contributed by atoms with Crippen LogP contribution in [0.1, 0.15) is 33.1 Å². The van der Waals surface area contributed by atoms with Crippen LogP contribution in [-0.2, 0) is 11.4 Å². The quantitative estimate of drug-likeness (QED) is 0.843. The Morgan fingerprint density at radius 2 is 2.12 bits per heavy atom. The molecule has 1 aromatic carbocycles. The Morgan fingerprint density at radius 3 is 2.92 bits per heavy atom. The second-order valence-corrected chi connectivity index (χ2v) is 7.55. The van der Waals surface area contributed by atoms with Crippen molar-refractivity contribution in [2.45, 2.75) is 45.9 Å². The number of hydrogen-bond acceptors (Lipinski definition) is 4. The van der Waals surface area contributed by atoms with E-state index in [-0.39, 0.29) is 0 Å². The third kappa shape index (κ3) is 3.15. The van der Waals surface area contributed by atoms with Gasteiger partial charge in [-0.1, -0.05) is 26.0 Å². The standard InChI is InChI=1S/C19H28N4O/c1-15(2)9-10-21-13-22(12-16-6-5-11-24-16)19-20-17-7-3-4-8-18(17)23(19)14-21/h3-4,7-8,15-16H,5-6,9-14H2,1-2H3/t16-/m1/s1. The van der Waals surface area contributed by atoms with E-state index in [2.05, 4.69) is 52.5 Å². The van der Waals surface area contributed by atoms with Gasteiger partial charge < -0.3 is 9.64 Å². The van der Waals surface area contributed by atoms with Gasteiger partial charge in [-0.15, -0.1) is 0 Å². The van der Waals surface area contributed by atoms with E-state index in [1.54, 1.807) is 0 Å². The molecule has 1 fully saturated rings. The average Bonchev–Trinajstić information content (AvgIpc) is 3.20. The summed E-state index contributed by atoms with van der Waals surface area (Å²) in [5, 5.41) is 0. The molecular weight excluding hydrogens is 300 g/mol. The lowest BCUT2D eigenvalue weighted by atomic mass is 10.1. The summed E-state index contributed by atoms with van der Waals surface area (Å²) >= 11 is 0. The van der Waals surface area contributed by atoms with Gasteiger partial charge in [-0.25, -0.2) is 4.98 Å². The molecule has 0 unspecified atom stereocenters. The van der Waals surface area contributed by atoms with Crippen LogP contribution in [0, 0.1) is 5.92 Å². The minimum Gasteiger partial charge on any atom is -0.376 e. The average molecular weight is 328 g/mol. The van der Waals surface area contributed by atoms with Crippen molar-refractivity contribution < 1.29 is 4.74 Å². The Labute approximate surface area is 144 Å². The van der Waals surface area contributed by atoms with Gasteiger partial charge in [-0.05, 0) is 37.3 Å². The largest absolute Gasteiger partial charge is 0.376 e. The maximum absolute atomic E-state index is 5.88. The van der Waals surface area contributed by atoms with Crippen LogP contribution in [0.2, 0.25) is 0 Å². The molecule has 24 heavy (non-hydrogen) atoms. The smallest absolute Gasteiger partial charge is 0.208 e. The first-order valence-electron chi connectivity index (χ1n) is 9.25. The van der Waals surface area contributed by atoms with Crippen molar-refractivity contribution in [3.8, 4) is 0 Å². The highest BCUT2D eigenvalue weighted by Crippen LogP contribution is 2.28. The zero-order chi connectivity index (χ0) is 16.5. The molecule has 3 heterocycles. The first kappa shape index (κ1) is 15.9.